The molecule has 0 bridgehead atoms. The Morgan fingerprint density at radius 1 is 1.26 bits per heavy atom. The number of hydrogen-bond donors (Lipinski definition) is 1. The summed E-state index contributed by atoms with van der Waals surface area (Å²) in [5.41, 5.74) is 1.49. The minimum atomic E-state index is -0.697. The summed E-state index contributed by atoms with van der Waals surface area (Å²) in [5, 5.41) is 9.09. The van der Waals surface area contributed by atoms with Gasteiger partial charge in [0.1, 0.15) is 18.3 Å². The molecule has 0 aromatic heterocycles. The second-order valence-corrected chi connectivity index (χ2v) is 7.43. The van der Waals surface area contributed by atoms with Gasteiger partial charge in [-0.05, 0) is 17.9 Å². The van der Waals surface area contributed by atoms with Crippen molar-refractivity contribution in [2.75, 3.05) is 6.61 Å². The van der Waals surface area contributed by atoms with Gasteiger partial charge in [-0.15, -0.1) is 0 Å². The van der Waals surface area contributed by atoms with Gasteiger partial charge in [0.05, 0.1) is 18.6 Å². The van der Waals surface area contributed by atoms with Gasteiger partial charge < -0.3 is 19.3 Å². The second-order valence-electron chi connectivity index (χ2n) is 7.43. The van der Waals surface area contributed by atoms with Crippen molar-refractivity contribution in [3.8, 4) is 0 Å². The average Bonchev–Trinajstić information content (AvgIpc) is 3.10. The lowest BCUT2D eigenvalue weighted by Gasteiger charge is -2.28. The Balaban J connectivity index is 1.88. The van der Waals surface area contributed by atoms with Crippen LogP contribution in [0.4, 0.5) is 0 Å². The van der Waals surface area contributed by atoms with E-state index in [4.69, 9.17) is 19.3 Å². The number of carbonyl (C=O) groups is 3. The molecular formula is C20H24O7. The molecule has 3 rings (SSSR count). The van der Waals surface area contributed by atoms with Crippen LogP contribution in [-0.4, -0.2) is 47.9 Å². The van der Waals surface area contributed by atoms with E-state index < -0.39 is 36.9 Å². The number of aliphatic hydroxyl groups is 1. The Kier molecular flexibility index (Phi) is 5.24. The Bertz CT molecular complexity index is 722. The molecule has 1 saturated heterocycles. The third-order valence-corrected chi connectivity index (χ3v) is 5.70. The van der Waals surface area contributed by atoms with E-state index in [-0.39, 0.29) is 35.7 Å². The maximum atomic E-state index is 12.1. The summed E-state index contributed by atoms with van der Waals surface area (Å²) < 4.78 is 16.5. The third kappa shape index (κ3) is 3.56. The number of aliphatic hydroxyl groups excluding tert-OH is 1. The number of carbonyl (C=O) groups excluding carboxylic acids is 3. The summed E-state index contributed by atoms with van der Waals surface area (Å²) in [6.07, 6.45) is -0.556. The molecule has 7 nitrogen and oxygen atoms in total. The van der Waals surface area contributed by atoms with Crippen molar-refractivity contribution in [2.24, 2.45) is 17.8 Å². The molecule has 146 valence electrons. The predicted molar refractivity (Wildman–Crippen MR) is 94.1 cm³/mol. The summed E-state index contributed by atoms with van der Waals surface area (Å²) in [6, 6.07) is 0. The average molecular weight is 376 g/mol. The predicted octanol–water partition coefficient (Wildman–Crippen LogP) is 1.46. The van der Waals surface area contributed by atoms with Gasteiger partial charge in [0.15, 0.2) is 0 Å². The molecule has 0 aromatic carbocycles. The molecule has 1 aliphatic heterocycles. The summed E-state index contributed by atoms with van der Waals surface area (Å²) in [4.78, 5) is 35.5. The lowest BCUT2D eigenvalue weighted by Crippen LogP contribution is -2.36. The Morgan fingerprint density at radius 2 is 1.96 bits per heavy atom. The Morgan fingerprint density at radius 3 is 2.59 bits per heavy atom. The van der Waals surface area contributed by atoms with Crippen LogP contribution < -0.4 is 0 Å². The number of rotatable bonds is 4. The molecular weight excluding hydrogens is 352 g/mol. The van der Waals surface area contributed by atoms with Crippen LogP contribution >= 0.6 is 0 Å². The first-order chi connectivity index (χ1) is 12.7. The van der Waals surface area contributed by atoms with Gasteiger partial charge >= 0.3 is 17.9 Å². The molecule has 1 heterocycles. The van der Waals surface area contributed by atoms with Gasteiger partial charge in [-0.2, -0.15) is 0 Å². The van der Waals surface area contributed by atoms with Gasteiger partial charge in [-0.3, -0.25) is 9.59 Å². The lowest BCUT2D eigenvalue weighted by atomic mass is 9.82. The molecule has 0 radical (unpaired) electrons. The molecule has 2 saturated carbocycles. The van der Waals surface area contributed by atoms with E-state index in [1.165, 1.54) is 6.92 Å². The van der Waals surface area contributed by atoms with Crippen LogP contribution in [0.3, 0.4) is 0 Å². The molecule has 0 spiro atoms. The van der Waals surface area contributed by atoms with E-state index in [9.17, 15) is 14.4 Å². The SMILES string of the molecule is C=C(CO)C(=O)O[C@H]1CC(=C)[C@@H]2C[C@H](OC(C)=O)C(=C)[C@@H]2[C@H]2OC(=O)C[C@@H]21. The van der Waals surface area contributed by atoms with Crippen molar-refractivity contribution in [3.63, 3.8) is 0 Å². The van der Waals surface area contributed by atoms with E-state index >= 15 is 0 Å². The first kappa shape index (κ1) is 19.4. The largest absolute Gasteiger partial charge is 0.461 e. The van der Waals surface area contributed by atoms with Crippen LogP contribution in [0, 0.1) is 17.8 Å². The summed E-state index contributed by atoms with van der Waals surface area (Å²) in [5.74, 6) is -2.11. The highest BCUT2D eigenvalue weighted by Gasteiger charge is 2.56. The van der Waals surface area contributed by atoms with E-state index in [1.807, 2.05) is 0 Å². The van der Waals surface area contributed by atoms with Crippen LogP contribution in [0.15, 0.2) is 36.5 Å². The maximum absolute atomic E-state index is 12.1. The molecule has 6 atom stereocenters. The third-order valence-electron chi connectivity index (χ3n) is 5.70. The summed E-state index contributed by atoms with van der Waals surface area (Å²) in [7, 11) is 0. The highest BCUT2D eigenvalue weighted by Crippen LogP contribution is 2.52. The van der Waals surface area contributed by atoms with E-state index in [1.54, 1.807) is 0 Å². The van der Waals surface area contributed by atoms with Gasteiger partial charge in [-0.1, -0.05) is 25.3 Å². The minimum absolute atomic E-state index is 0.0498. The van der Waals surface area contributed by atoms with Crippen molar-refractivity contribution in [2.45, 2.75) is 44.5 Å². The molecule has 3 fully saturated rings. The number of fused-ring (bicyclic) bond motifs is 3. The summed E-state index contributed by atoms with van der Waals surface area (Å²) in [6.45, 7) is 12.6. The van der Waals surface area contributed by atoms with Crippen LogP contribution in [0.25, 0.3) is 0 Å². The van der Waals surface area contributed by atoms with Crippen molar-refractivity contribution >= 4 is 17.9 Å². The fourth-order valence-electron chi connectivity index (χ4n) is 4.44. The minimum Gasteiger partial charge on any atom is -0.461 e. The van der Waals surface area contributed by atoms with Crippen molar-refractivity contribution < 1.29 is 33.7 Å². The smallest absolute Gasteiger partial charge is 0.336 e. The first-order valence-corrected chi connectivity index (χ1v) is 8.95. The quantitative estimate of drug-likeness (QED) is 0.343. The zero-order chi connectivity index (χ0) is 19.9. The highest BCUT2D eigenvalue weighted by atomic mass is 16.6. The molecule has 0 amide bonds. The highest BCUT2D eigenvalue weighted by molar-refractivity contribution is 5.88. The van der Waals surface area contributed by atoms with Crippen molar-refractivity contribution in [1.29, 1.82) is 0 Å². The lowest BCUT2D eigenvalue weighted by molar-refractivity contribution is -0.149. The number of esters is 3. The van der Waals surface area contributed by atoms with Crippen LogP contribution in [0.2, 0.25) is 0 Å². The number of ether oxygens (including phenoxy) is 3. The normalized spacial score (nSPS) is 35.0. The molecule has 2 aliphatic carbocycles. The summed E-state index contributed by atoms with van der Waals surface area (Å²) >= 11 is 0. The zero-order valence-corrected chi connectivity index (χ0v) is 15.3. The van der Waals surface area contributed by atoms with Crippen molar-refractivity contribution in [3.05, 3.63) is 36.5 Å². The fourth-order valence-corrected chi connectivity index (χ4v) is 4.44. The Hall–Kier alpha value is -2.41. The van der Waals surface area contributed by atoms with Gasteiger partial charge in [0.25, 0.3) is 0 Å². The molecule has 0 aromatic rings. The molecule has 7 heteroatoms. The van der Waals surface area contributed by atoms with E-state index in [2.05, 4.69) is 19.7 Å². The monoisotopic (exact) mass is 376 g/mol. The first-order valence-electron chi connectivity index (χ1n) is 8.95. The molecule has 1 N–H and O–H groups in total. The van der Waals surface area contributed by atoms with E-state index in [0.29, 0.717) is 18.4 Å². The van der Waals surface area contributed by atoms with Gasteiger partial charge in [-0.25, -0.2) is 4.79 Å². The topological polar surface area (TPSA) is 99.1 Å². The van der Waals surface area contributed by atoms with Crippen LogP contribution in [0.1, 0.15) is 26.2 Å². The van der Waals surface area contributed by atoms with Crippen LogP contribution in [-0.2, 0) is 28.6 Å². The van der Waals surface area contributed by atoms with Gasteiger partial charge in [0, 0.05) is 25.2 Å². The molecule has 3 aliphatic rings. The standard InChI is InChI=1S/C20H24O7/c1-9-5-16(26-20(24)10(2)8-21)14-7-17(23)27-19(14)18-11(3)15(6-13(9)18)25-12(4)22/h13-16,18-19,21H,1-3,5-8H2,4H3/t13-,14+,15-,16-,18-,19-/m0/s1. The zero-order valence-electron chi connectivity index (χ0n) is 15.3. The number of hydrogen-bond acceptors (Lipinski definition) is 7. The van der Waals surface area contributed by atoms with Crippen LogP contribution in [0.5, 0.6) is 0 Å². The van der Waals surface area contributed by atoms with Crippen molar-refractivity contribution in [1.82, 2.24) is 0 Å². The van der Waals surface area contributed by atoms with Gasteiger partial charge in [0.2, 0.25) is 0 Å². The molecule has 0 unspecified atom stereocenters. The van der Waals surface area contributed by atoms with E-state index in [0.717, 1.165) is 5.57 Å². The second kappa shape index (κ2) is 7.31. The molecule has 27 heavy (non-hydrogen) atoms. The fraction of sp³-hybridized carbons (Fsp3) is 0.550. The maximum Gasteiger partial charge on any atom is 0.336 e. The Labute approximate surface area is 157 Å².